The molecule has 1 heterocycles. The standard InChI is InChI=1S/C14H22F3N3/c1-3-18-13(12-8-9-19-20(12)2)10-6-4-5-7-11(10)14(15,16)17/h8-11,13,18H,3-7H2,1-2H3. The molecular weight excluding hydrogens is 267 g/mol. The van der Waals surface area contributed by atoms with Crippen molar-refractivity contribution in [3.05, 3.63) is 18.0 Å². The van der Waals surface area contributed by atoms with Gasteiger partial charge in [0.25, 0.3) is 0 Å². The van der Waals surface area contributed by atoms with Crippen LogP contribution in [0.5, 0.6) is 0 Å². The van der Waals surface area contributed by atoms with Crippen molar-refractivity contribution in [3.8, 4) is 0 Å². The molecule has 3 atom stereocenters. The second kappa shape index (κ2) is 6.16. The van der Waals surface area contributed by atoms with E-state index in [1.165, 1.54) is 0 Å². The molecule has 0 amide bonds. The summed E-state index contributed by atoms with van der Waals surface area (Å²) < 4.78 is 41.5. The summed E-state index contributed by atoms with van der Waals surface area (Å²) in [5.41, 5.74) is 0.841. The molecule has 0 radical (unpaired) electrons. The van der Waals surface area contributed by atoms with E-state index in [1.807, 2.05) is 13.0 Å². The lowest BCUT2D eigenvalue weighted by molar-refractivity contribution is -0.199. The molecular formula is C14H22F3N3. The number of aryl methyl sites for hydroxylation is 1. The molecule has 0 bridgehead atoms. The number of alkyl halides is 3. The Kier molecular flexibility index (Phi) is 4.73. The Morgan fingerprint density at radius 1 is 1.40 bits per heavy atom. The average Bonchev–Trinajstić information content (AvgIpc) is 2.81. The molecule has 1 aliphatic rings. The summed E-state index contributed by atoms with van der Waals surface area (Å²) in [6.07, 6.45) is -0.0642. The van der Waals surface area contributed by atoms with E-state index < -0.39 is 18.0 Å². The SMILES string of the molecule is CCNC(c1ccnn1C)C1CCCCC1C(F)(F)F. The highest BCUT2D eigenvalue weighted by Gasteiger charge is 2.48. The highest BCUT2D eigenvalue weighted by molar-refractivity contribution is 5.10. The summed E-state index contributed by atoms with van der Waals surface area (Å²) in [5.74, 6) is -1.62. The van der Waals surface area contributed by atoms with Crippen LogP contribution in [0.4, 0.5) is 13.2 Å². The van der Waals surface area contributed by atoms with Gasteiger partial charge in [0, 0.05) is 13.2 Å². The maximum Gasteiger partial charge on any atom is 0.392 e. The van der Waals surface area contributed by atoms with E-state index in [1.54, 1.807) is 17.9 Å². The van der Waals surface area contributed by atoms with E-state index >= 15 is 0 Å². The summed E-state index contributed by atoms with van der Waals surface area (Å²) >= 11 is 0. The van der Waals surface area contributed by atoms with Crippen molar-refractivity contribution in [1.29, 1.82) is 0 Å². The van der Waals surface area contributed by atoms with Gasteiger partial charge in [0.2, 0.25) is 0 Å². The van der Waals surface area contributed by atoms with Crippen LogP contribution in [0.2, 0.25) is 0 Å². The van der Waals surface area contributed by atoms with Gasteiger partial charge >= 0.3 is 6.18 Å². The van der Waals surface area contributed by atoms with Gasteiger partial charge in [-0.05, 0) is 31.4 Å². The highest BCUT2D eigenvalue weighted by Crippen LogP contribution is 2.46. The van der Waals surface area contributed by atoms with Gasteiger partial charge in [0.15, 0.2) is 0 Å². The third-order valence-corrected chi connectivity index (χ3v) is 4.27. The maximum absolute atomic E-state index is 13.3. The van der Waals surface area contributed by atoms with Crippen molar-refractivity contribution in [2.24, 2.45) is 18.9 Å². The molecule has 0 saturated heterocycles. The molecule has 3 nitrogen and oxygen atoms in total. The van der Waals surface area contributed by atoms with E-state index in [-0.39, 0.29) is 12.5 Å². The first-order valence-corrected chi connectivity index (χ1v) is 7.23. The van der Waals surface area contributed by atoms with Crippen LogP contribution in [0, 0.1) is 11.8 Å². The van der Waals surface area contributed by atoms with Crippen LogP contribution in [-0.4, -0.2) is 22.5 Å². The Morgan fingerprint density at radius 2 is 2.10 bits per heavy atom. The van der Waals surface area contributed by atoms with Gasteiger partial charge in [-0.3, -0.25) is 4.68 Å². The second-order valence-electron chi connectivity index (χ2n) is 5.51. The minimum Gasteiger partial charge on any atom is -0.309 e. The second-order valence-corrected chi connectivity index (χ2v) is 5.51. The maximum atomic E-state index is 13.3. The van der Waals surface area contributed by atoms with Crippen LogP contribution < -0.4 is 5.32 Å². The molecule has 114 valence electrons. The predicted octanol–water partition coefficient (Wildman–Crippen LogP) is 3.44. The molecule has 1 fully saturated rings. The first-order chi connectivity index (χ1) is 9.45. The molecule has 3 unspecified atom stereocenters. The zero-order valence-corrected chi connectivity index (χ0v) is 12.0. The van der Waals surface area contributed by atoms with Crippen LogP contribution in [0.25, 0.3) is 0 Å². The number of nitrogens with zero attached hydrogens (tertiary/aromatic N) is 2. The van der Waals surface area contributed by atoms with Crippen molar-refractivity contribution in [2.75, 3.05) is 6.54 Å². The largest absolute Gasteiger partial charge is 0.392 e. The molecule has 1 aromatic heterocycles. The Hall–Kier alpha value is -1.04. The fraction of sp³-hybridized carbons (Fsp3) is 0.786. The Bertz CT molecular complexity index is 428. The number of rotatable bonds is 4. The smallest absolute Gasteiger partial charge is 0.309 e. The molecule has 20 heavy (non-hydrogen) atoms. The van der Waals surface area contributed by atoms with Gasteiger partial charge in [-0.25, -0.2) is 0 Å². The fourth-order valence-corrected chi connectivity index (χ4v) is 3.35. The first-order valence-electron chi connectivity index (χ1n) is 7.23. The number of halogens is 3. The fourth-order valence-electron chi connectivity index (χ4n) is 3.35. The van der Waals surface area contributed by atoms with Crippen molar-refractivity contribution in [3.63, 3.8) is 0 Å². The van der Waals surface area contributed by atoms with Gasteiger partial charge in [-0.1, -0.05) is 19.8 Å². The lowest BCUT2D eigenvalue weighted by Gasteiger charge is -2.38. The molecule has 1 N–H and O–H groups in total. The monoisotopic (exact) mass is 289 g/mol. The van der Waals surface area contributed by atoms with Crippen molar-refractivity contribution < 1.29 is 13.2 Å². The molecule has 1 aromatic rings. The minimum absolute atomic E-state index is 0.244. The predicted molar refractivity (Wildman–Crippen MR) is 71.1 cm³/mol. The highest BCUT2D eigenvalue weighted by atomic mass is 19.4. The topological polar surface area (TPSA) is 29.9 Å². The van der Waals surface area contributed by atoms with Crippen LogP contribution in [-0.2, 0) is 7.05 Å². The van der Waals surface area contributed by atoms with Crippen LogP contribution in [0.1, 0.15) is 44.3 Å². The molecule has 0 aromatic carbocycles. The molecule has 0 spiro atoms. The van der Waals surface area contributed by atoms with E-state index in [9.17, 15) is 13.2 Å². The summed E-state index contributed by atoms with van der Waals surface area (Å²) in [6, 6.07) is 1.54. The van der Waals surface area contributed by atoms with E-state index in [2.05, 4.69) is 10.4 Å². The zero-order valence-electron chi connectivity index (χ0n) is 12.0. The lowest BCUT2D eigenvalue weighted by Crippen LogP contribution is -2.41. The van der Waals surface area contributed by atoms with Gasteiger partial charge < -0.3 is 5.32 Å². The lowest BCUT2D eigenvalue weighted by atomic mass is 9.74. The van der Waals surface area contributed by atoms with Crippen LogP contribution >= 0.6 is 0 Å². The molecule has 1 saturated carbocycles. The summed E-state index contributed by atoms with van der Waals surface area (Å²) in [6.45, 7) is 2.58. The quantitative estimate of drug-likeness (QED) is 0.920. The number of hydrogen-bond donors (Lipinski definition) is 1. The number of aromatic nitrogens is 2. The van der Waals surface area contributed by atoms with Crippen LogP contribution in [0.15, 0.2) is 12.3 Å². The number of nitrogens with one attached hydrogen (secondary N) is 1. The van der Waals surface area contributed by atoms with Gasteiger partial charge in [0.05, 0.1) is 17.7 Å². The van der Waals surface area contributed by atoms with E-state index in [0.717, 1.165) is 12.1 Å². The van der Waals surface area contributed by atoms with Gasteiger partial charge in [0.1, 0.15) is 0 Å². The first kappa shape index (κ1) is 15.4. The third-order valence-electron chi connectivity index (χ3n) is 4.27. The average molecular weight is 289 g/mol. The third kappa shape index (κ3) is 3.16. The molecule has 1 aliphatic carbocycles. The minimum atomic E-state index is -4.11. The Labute approximate surface area is 117 Å². The Balaban J connectivity index is 2.29. The zero-order chi connectivity index (χ0) is 14.8. The van der Waals surface area contributed by atoms with Gasteiger partial charge in [-0.15, -0.1) is 0 Å². The Morgan fingerprint density at radius 3 is 2.65 bits per heavy atom. The number of hydrogen-bond acceptors (Lipinski definition) is 2. The van der Waals surface area contributed by atoms with Crippen LogP contribution in [0.3, 0.4) is 0 Å². The summed E-state index contributed by atoms with van der Waals surface area (Å²) in [7, 11) is 1.78. The molecule has 2 rings (SSSR count). The van der Waals surface area contributed by atoms with Crippen molar-refractivity contribution in [1.82, 2.24) is 15.1 Å². The summed E-state index contributed by atoms with van der Waals surface area (Å²) in [5, 5.41) is 7.33. The van der Waals surface area contributed by atoms with Crippen molar-refractivity contribution in [2.45, 2.75) is 44.8 Å². The molecule has 6 heteroatoms. The van der Waals surface area contributed by atoms with E-state index in [4.69, 9.17) is 0 Å². The van der Waals surface area contributed by atoms with Gasteiger partial charge in [-0.2, -0.15) is 18.3 Å². The normalized spacial score (nSPS) is 25.6. The van der Waals surface area contributed by atoms with Crippen molar-refractivity contribution >= 4 is 0 Å². The molecule has 0 aliphatic heterocycles. The summed E-state index contributed by atoms with van der Waals surface area (Å²) in [4.78, 5) is 0. The van der Waals surface area contributed by atoms with E-state index in [0.29, 0.717) is 19.4 Å².